The number of nitro groups is 1. The van der Waals surface area contributed by atoms with E-state index in [1.54, 1.807) is 13.0 Å². The molecule has 2 rings (SSSR count). The first-order valence-corrected chi connectivity index (χ1v) is 6.85. The van der Waals surface area contributed by atoms with E-state index in [0.717, 1.165) is 0 Å². The van der Waals surface area contributed by atoms with Crippen LogP contribution in [-0.4, -0.2) is 4.92 Å². The van der Waals surface area contributed by atoms with Crippen molar-refractivity contribution >= 4 is 21.6 Å². The number of halogens is 2. The van der Waals surface area contributed by atoms with Crippen molar-refractivity contribution < 1.29 is 14.1 Å². The van der Waals surface area contributed by atoms with Crippen molar-refractivity contribution in [2.24, 2.45) is 5.73 Å². The summed E-state index contributed by atoms with van der Waals surface area (Å²) in [5, 5.41) is 10.9. The topological polar surface area (TPSA) is 78.4 Å². The SMILES string of the molecule is CC(N)c1cc(F)ccc1Oc1cccc([N+](=O)[O-])c1Br. The summed E-state index contributed by atoms with van der Waals surface area (Å²) >= 11 is 3.14. The van der Waals surface area contributed by atoms with Gasteiger partial charge in [0, 0.05) is 17.7 Å². The van der Waals surface area contributed by atoms with Crippen LogP contribution >= 0.6 is 15.9 Å². The third-order valence-electron chi connectivity index (χ3n) is 2.82. The lowest BCUT2D eigenvalue weighted by Crippen LogP contribution is -2.07. The largest absolute Gasteiger partial charge is 0.456 e. The van der Waals surface area contributed by atoms with Crippen LogP contribution < -0.4 is 10.5 Å². The molecule has 110 valence electrons. The van der Waals surface area contributed by atoms with Crippen LogP contribution in [0.25, 0.3) is 0 Å². The molecule has 2 N–H and O–H groups in total. The van der Waals surface area contributed by atoms with Crippen molar-refractivity contribution in [1.29, 1.82) is 0 Å². The Bertz CT molecular complexity index is 692. The molecule has 1 unspecified atom stereocenters. The van der Waals surface area contributed by atoms with Crippen LogP contribution in [0.4, 0.5) is 10.1 Å². The fourth-order valence-electron chi connectivity index (χ4n) is 1.81. The first-order chi connectivity index (χ1) is 9.90. The van der Waals surface area contributed by atoms with E-state index in [4.69, 9.17) is 10.5 Å². The second-order valence-electron chi connectivity index (χ2n) is 4.42. The predicted molar refractivity (Wildman–Crippen MR) is 79.9 cm³/mol. The number of nitrogens with zero attached hydrogens (tertiary/aromatic N) is 1. The van der Waals surface area contributed by atoms with Crippen LogP contribution in [0.3, 0.4) is 0 Å². The van der Waals surface area contributed by atoms with Gasteiger partial charge in [0.2, 0.25) is 0 Å². The van der Waals surface area contributed by atoms with E-state index >= 15 is 0 Å². The Morgan fingerprint density at radius 2 is 2.05 bits per heavy atom. The first-order valence-electron chi connectivity index (χ1n) is 6.06. The lowest BCUT2D eigenvalue weighted by Gasteiger charge is -2.14. The van der Waals surface area contributed by atoms with Crippen LogP contribution in [0.15, 0.2) is 40.9 Å². The summed E-state index contributed by atoms with van der Waals surface area (Å²) in [7, 11) is 0. The fourth-order valence-corrected chi connectivity index (χ4v) is 2.30. The molecule has 2 aromatic carbocycles. The Balaban J connectivity index is 2.44. The highest BCUT2D eigenvalue weighted by atomic mass is 79.9. The van der Waals surface area contributed by atoms with Crippen LogP contribution in [0.2, 0.25) is 0 Å². The Morgan fingerprint density at radius 3 is 2.67 bits per heavy atom. The first kappa shape index (κ1) is 15.4. The summed E-state index contributed by atoms with van der Waals surface area (Å²) < 4.78 is 19.2. The average molecular weight is 355 g/mol. The van der Waals surface area contributed by atoms with E-state index in [1.807, 2.05) is 0 Å². The molecule has 0 radical (unpaired) electrons. The highest BCUT2D eigenvalue weighted by Crippen LogP contribution is 2.38. The summed E-state index contributed by atoms with van der Waals surface area (Å²) in [6.07, 6.45) is 0. The van der Waals surface area contributed by atoms with E-state index in [-0.39, 0.29) is 15.9 Å². The van der Waals surface area contributed by atoms with Gasteiger partial charge in [-0.2, -0.15) is 0 Å². The van der Waals surface area contributed by atoms with E-state index in [1.165, 1.54) is 30.3 Å². The normalized spacial score (nSPS) is 12.0. The number of rotatable bonds is 4. The van der Waals surface area contributed by atoms with E-state index in [0.29, 0.717) is 11.3 Å². The molecule has 7 heteroatoms. The zero-order valence-electron chi connectivity index (χ0n) is 11.0. The molecule has 0 saturated carbocycles. The molecule has 0 aliphatic rings. The third-order valence-corrected chi connectivity index (χ3v) is 3.62. The second kappa shape index (κ2) is 6.19. The highest BCUT2D eigenvalue weighted by Gasteiger charge is 2.18. The maximum absolute atomic E-state index is 13.3. The molecule has 0 aliphatic carbocycles. The van der Waals surface area contributed by atoms with Crippen LogP contribution in [0, 0.1) is 15.9 Å². The molecule has 0 heterocycles. The van der Waals surface area contributed by atoms with Crippen molar-refractivity contribution in [1.82, 2.24) is 0 Å². The molecule has 0 aliphatic heterocycles. The van der Waals surface area contributed by atoms with Gasteiger partial charge in [0.15, 0.2) is 0 Å². The van der Waals surface area contributed by atoms with Crippen LogP contribution in [0.5, 0.6) is 11.5 Å². The van der Waals surface area contributed by atoms with E-state index in [2.05, 4.69) is 15.9 Å². The van der Waals surface area contributed by atoms with Crippen LogP contribution in [0.1, 0.15) is 18.5 Å². The van der Waals surface area contributed by atoms with Gasteiger partial charge in [-0.25, -0.2) is 4.39 Å². The summed E-state index contributed by atoms with van der Waals surface area (Å²) in [5.74, 6) is 0.193. The third kappa shape index (κ3) is 3.37. The minimum absolute atomic E-state index is 0.114. The number of hydrogen-bond acceptors (Lipinski definition) is 4. The zero-order chi connectivity index (χ0) is 15.6. The zero-order valence-corrected chi connectivity index (χ0v) is 12.6. The second-order valence-corrected chi connectivity index (χ2v) is 5.21. The maximum Gasteiger partial charge on any atom is 0.287 e. The molecule has 5 nitrogen and oxygen atoms in total. The van der Waals surface area contributed by atoms with Gasteiger partial charge in [0.1, 0.15) is 21.8 Å². The lowest BCUT2D eigenvalue weighted by atomic mass is 10.1. The smallest absolute Gasteiger partial charge is 0.287 e. The Hall–Kier alpha value is -1.99. The molecule has 0 bridgehead atoms. The minimum Gasteiger partial charge on any atom is -0.456 e. The van der Waals surface area contributed by atoms with E-state index in [9.17, 15) is 14.5 Å². The lowest BCUT2D eigenvalue weighted by molar-refractivity contribution is -0.385. The van der Waals surface area contributed by atoms with Gasteiger partial charge in [-0.1, -0.05) is 6.07 Å². The van der Waals surface area contributed by atoms with Crippen LogP contribution in [-0.2, 0) is 0 Å². The summed E-state index contributed by atoms with van der Waals surface area (Å²) in [6.45, 7) is 1.70. The molecule has 21 heavy (non-hydrogen) atoms. The van der Waals surface area contributed by atoms with Gasteiger partial charge < -0.3 is 10.5 Å². The quantitative estimate of drug-likeness (QED) is 0.655. The molecule has 0 amide bonds. The van der Waals surface area contributed by atoms with Gasteiger partial charge in [-0.3, -0.25) is 10.1 Å². The number of benzene rings is 2. The maximum atomic E-state index is 13.3. The average Bonchev–Trinajstić information content (AvgIpc) is 2.42. The minimum atomic E-state index is -0.520. The molecule has 0 fully saturated rings. The molecule has 2 aromatic rings. The van der Waals surface area contributed by atoms with Gasteiger partial charge in [0.05, 0.1) is 4.92 Å². The molecule has 1 atom stereocenters. The summed E-state index contributed by atoms with van der Waals surface area (Å²) in [6, 6.07) is 7.97. The Morgan fingerprint density at radius 1 is 1.33 bits per heavy atom. The number of nitrogens with two attached hydrogens (primary N) is 1. The van der Waals surface area contributed by atoms with Crippen molar-refractivity contribution in [3.05, 3.63) is 62.4 Å². The number of nitro benzene ring substituents is 1. The van der Waals surface area contributed by atoms with Gasteiger partial charge in [-0.05, 0) is 47.1 Å². The van der Waals surface area contributed by atoms with E-state index < -0.39 is 16.8 Å². The van der Waals surface area contributed by atoms with Crippen molar-refractivity contribution in [2.45, 2.75) is 13.0 Å². The highest BCUT2D eigenvalue weighted by molar-refractivity contribution is 9.10. The molecular weight excluding hydrogens is 343 g/mol. The molecular formula is C14H12BrFN2O3. The molecule has 0 saturated heterocycles. The summed E-state index contributed by atoms with van der Waals surface area (Å²) in [4.78, 5) is 10.4. The van der Waals surface area contributed by atoms with Gasteiger partial charge in [0.25, 0.3) is 5.69 Å². The number of ether oxygens (including phenoxy) is 1. The standard InChI is InChI=1S/C14H12BrFN2O3/c1-8(17)10-7-9(16)5-6-12(10)21-13-4-2-3-11(14(13)15)18(19)20/h2-8H,17H2,1H3. The van der Waals surface area contributed by atoms with Gasteiger partial charge in [-0.15, -0.1) is 0 Å². The Labute approximate surface area is 128 Å². The molecule has 0 spiro atoms. The molecule has 0 aromatic heterocycles. The van der Waals surface area contributed by atoms with Crippen molar-refractivity contribution in [3.63, 3.8) is 0 Å². The van der Waals surface area contributed by atoms with Gasteiger partial charge >= 0.3 is 0 Å². The Kier molecular flexibility index (Phi) is 4.54. The summed E-state index contributed by atoms with van der Waals surface area (Å²) in [5.41, 5.74) is 6.15. The monoisotopic (exact) mass is 354 g/mol. The van der Waals surface area contributed by atoms with Crippen molar-refractivity contribution in [3.8, 4) is 11.5 Å². The predicted octanol–water partition coefficient (Wildman–Crippen LogP) is 4.31. The fraction of sp³-hybridized carbons (Fsp3) is 0.143. The number of hydrogen-bond donors (Lipinski definition) is 1. The van der Waals surface area contributed by atoms with Crippen molar-refractivity contribution in [2.75, 3.05) is 0 Å².